The molecule has 0 bridgehead atoms. The number of benzene rings is 1. The van der Waals surface area contributed by atoms with E-state index in [0.717, 1.165) is 11.1 Å². The smallest absolute Gasteiger partial charge is 0.133 e. The van der Waals surface area contributed by atoms with Gasteiger partial charge in [-0.05, 0) is 18.2 Å². The summed E-state index contributed by atoms with van der Waals surface area (Å²) in [7, 11) is 0. The first-order valence-corrected chi connectivity index (χ1v) is 4.74. The van der Waals surface area contributed by atoms with E-state index in [2.05, 4.69) is 11.1 Å². The number of anilines is 2. The molecular weight excluding hydrogens is 200 g/mol. The Hall–Kier alpha value is -2.54. The predicted octanol–water partition coefficient (Wildman–Crippen LogP) is 1.78. The van der Waals surface area contributed by atoms with E-state index >= 15 is 0 Å². The Morgan fingerprint density at radius 2 is 1.75 bits per heavy atom. The quantitative estimate of drug-likeness (QED) is 0.750. The molecule has 0 atom stereocenters. The second-order valence-electron chi connectivity index (χ2n) is 3.33. The van der Waals surface area contributed by atoms with Gasteiger partial charge in [0.1, 0.15) is 11.6 Å². The molecule has 0 aliphatic heterocycles. The molecule has 0 aliphatic carbocycles. The van der Waals surface area contributed by atoms with Crippen molar-refractivity contribution in [1.82, 2.24) is 4.98 Å². The Morgan fingerprint density at radius 3 is 2.44 bits per heavy atom. The first kappa shape index (κ1) is 9.99. The van der Waals surface area contributed by atoms with Crippen LogP contribution in [0.1, 0.15) is 5.56 Å². The lowest BCUT2D eigenvalue weighted by atomic mass is 10.0. The van der Waals surface area contributed by atoms with Crippen molar-refractivity contribution in [3.05, 3.63) is 42.0 Å². The summed E-state index contributed by atoms with van der Waals surface area (Å²) in [5.74, 6) is 0.707. The molecule has 4 heteroatoms. The minimum absolute atomic E-state index is 0.336. The van der Waals surface area contributed by atoms with Crippen molar-refractivity contribution in [3.8, 4) is 17.2 Å². The van der Waals surface area contributed by atoms with Gasteiger partial charge in [-0.2, -0.15) is 5.26 Å². The minimum Gasteiger partial charge on any atom is -0.384 e. The fraction of sp³-hybridized carbons (Fsp3) is 0. The van der Waals surface area contributed by atoms with Crippen LogP contribution in [-0.2, 0) is 0 Å². The van der Waals surface area contributed by atoms with Crippen LogP contribution < -0.4 is 11.5 Å². The summed E-state index contributed by atoms with van der Waals surface area (Å²) in [5.41, 5.74) is 13.4. The van der Waals surface area contributed by atoms with E-state index in [1.165, 1.54) is 0 Å². The molecule has 4 nitrogen and oxygen atoms in total. The Labute approximate surface area is 93.1 Å². The molecule has 0 amide bonds. The van der Waals surface area contributed by atoms with Gasteiger partial charge in [0.2, 0.25) is 0 Å². The van der Waals surface area contributed by atoms with Crippen molar-refractivity contribution in [3.63, 3.8) is 0 Å². The third kappa shape index (κ3) is 1.66. The highest BCUT2D eigenvalue weighted by Crippen LogP contribution is 2.27. The summed E-state index contributed by atoms with van der Waals surface area (Å²) in [6.07, 6.45) is 0. The maximum atomic E-state index is 8.99. The van der Waals surface area contributed by atoms with Gasteiger partial charge in [-0.3, -0.25) is 0 Å². The summed E-state index contributed by atoms with van der Waals surface area (Å²) in [6.45, 7) is 0. The molecule has 1 heterocycles. The van der Waals surface area contributed by atoms with Crippen molar-refractivity contribution in [2.45, 2.75) is 0 Å². The second kappa shape index (κ2) is 3.91. The summed E-state index contributed by atoms with van der Waals surface area (Å²) >= 11 is 0. The minimum atomic E-state index is 0.336. The highest BCUT2D eigenvalue weighted by atomic mass is 14.9. The number of nitrogens with zero attached hydrogens (tertiary/aromatic N) is 2. The van der Waals surface area contributed by atoms with E-state index in [9.17, 15) is 0 Å². The van der Waals surface area contributed by atoms with Crippen molar-refractivity contribution in [2.75, 3.05) is 11.5 Å². The summed E-state index contributed by atoms with van der Waals surface area (Å²) in [5, 5.41) is 8.99. The zero-order chi connectivity index (χ0) is 11.5. The third-order valence-electron chi connectivity index (χ3n) is 2.28. The van der Waals surface area contributed by atoms with Crippen molar-refractivity contribution < 1.29 is 0 Å². The van der Waals surface area contributed by atoms with Gasteiger partial charge in [-0.1, -0.05) is 18.2 Å². The molecule has 4 N–H and O–H groups in total. The zero-order valence-electron chi connectivity index (χ0n) is 8.51. The lowest BCUT2D eigenvalue weighted by Gasteiger charge is -2.07. The molecule has 0 spiro atoms. The van der Waals surface area contributed by atoms with Gasteiger partial charge in [0.25, 0.3) is 0 Å². The van der Waals surface area contributed by atoms with Crippen LogP contribution in [0.2, 0.25) is 0 Å². The van der Waals surface area contributed by atoms with Gasteiger partial charge in [0.05, 0.1) is 11.6 Å². The van der Waals surface area contributed by atoms with Crippen molar-refractivity contribution in [2.24, 2.45) is 0 Å². The van der Waals surface area contributed by atoms with Gasteiger partial charge in [-0.15, -0.1) is 0 Å². The maximum absolute atomic E-state index is 8.99. The number of nitrogen functional groups attached to an aromatic ring is 2. The lowest BCUT2D eigenvalue weighted by molar-refractivity contribution is 1.34. The number of nitriles is 1. The molecular formula is C12H10N4. The maximum Gasteiger partial charge on any atom is 0.133 e. The van der Waals surface area contributed by atoms with E-state index in [1.54, 1.807) is 18.2 Å². The molecule has 1 aromatic carbocycles. The first-order valence-electron chi connectivity index (χ1n) is 4.74. The van der Waals surface area contributed by atoms with Gasteiger partial charge < -0.3 is 11.5 Å². The number of aromatic nitrogens is 1. The summed E-state index contributed by atoms with van der Waals surface area (Å²) in [4.78, 5) is 3.97. The number of pyridine rings is 1. The van der Waals surface area contributed by atoms with Crippen LogP contribution in [0.4, 0.5) is 11.6 Å². The highest BCUT2D eigenvalue weighted by molar-refractivity contribution is 5.79. The Morgan fingerprint density at radius 1 is 1.00 bits per heavy atom. The Kier molecular flexibility index (Phi) is 2.44. The molecule has 0 saturated carbocycles. The fourth-order valence-corrected chi connectivity index (χ4v) is 1.53. The van der Waals surface area contributed by atoms with Crippen LogP contribution >= 0.6 is 0 Å². The molecule has 0 saturated heterocycles. The molecule has 0 fully saturated rings. The molecule has 16 heavy (non-hydrogen) atoms. The third-order valence-corrected chi connectivity index (χ3v) is 2.28. The van der Waals surface area contributed by atoms with Gasteiger partial charge in [-0.25, -0.2) is 4.98 Å². The molecule has 0 radical (unpaired) electrons. The number of rotatable bonds is 1. The fourth-order valence-electron chi connectivity index (χ4n) is 1.53. The zero-order valence-corrected chi connectivity index (χ0v) is 8.51. The summed E-state index contributed by atoms with van der Waals surface area (Å²) < 4.78 is 0. The van der Waals surface area contributed by atoms with E-state index in [-0.39, 0.29) is 0 Å². The van der Waals surface area contributed by atoms with Crippen LogP contribution in [0, 0.1) is 11.3 Å². The molecule has 78 valence electrons. The average molecular weight is 210 g/mol. The van der Waals surface area contributed by atoms with Crippen LogP contribution in [0.3, 0.4) is 0 Å². The largest absolute Gasteiger partial charge is 0.384 e. The Bertz CT molecular complexity index is 569. The van der Waals surface area contributed by atoms with Gasteiger partial charge >= 0.3 is 0 Å². The van der Waals surface area contributed by atoms with Crippen molar-refractivity contribution in [1.29, 1.82) is 5.26 Å². The van der Waals surface area contributed by atoms with Gasteiger partial charge in [0.15, 0.2) is 0 Å². The van der Waals surface area contributed by atoms with E-state index in [4.69, 9.17) is 16.7 Å². The van der Waals surface area contributed by atoms with E-state index in [0.29, 0.717) is 17.2 Å². The molecule has 2 aromatic rings. The number of hydrogen-bond acceptors (Lipinski definition) is 4. The molecule has 1 aromatic heterocycles. The first-order chi connectivity index (χ1) is 7.72. The lowest BCUT2D eigenvalue weighted by Crippen LogP contribution is -1.98. The number of nitrogens with two attached hydrogens (primary N) is 2. The van der Waals surface area contributed by atoms with Gasteiger partial charge in [0, 0.05) is 11.1 Å². The van der Waals surface area contributed by atoms with Crippen LogP contribution in [0.15, 0.2) is 36.4 Å². The van der Waals surface area contributed by atoms with Crippen LogP contribution in [-0.4, -0.2) is 4.98 Å². The number of hydrogen-bond donors (Lipinski definition) is 2. The van der Waals surface area contributed by atoms with Crippen molar-refractivity contribution >= 4 is 11.6 Å². The Balaban J connectivity index is 2.64. The molecule has 2 rings (SSSR count). The topological polar surface area (TPSA) is 88.7 Å². The molecule has 0 aliphatic rings. The van der Waals surface area contributed by atoms with Crippen LogP contribution in [0.5, 0.6) is 0 Å². The molecule has 0 unspecified atom stereocenters. The van der Waals surface area contributed by atoms with Crippen LogP contribution in [0.25, 0.3) is 11.1 Å². The monoisotopic (exact) mass is 210 g/mol. The highest BCUT2D eigenvalue weighted by Gasteiger charge is 2.08. The summed E-state index contributed by atoms with van der Waals surface area (Å²) in [6, 6.07) is 12.8. The SMILES string of the molecule is N#Cc1ccccc1-c1ccc(N)nc1N. The average Bonchev–Trinajstić information content (AvgIpc) is 2.29. The standard InChI is InChI=1S/C12H10N4/c13-7-8-3-1-2-4-9(8)10-5-6-11(14)16-12(10)15/h1-6H,(H4,14,15,16). The van der Waals surface area contributed by atoms with E-state index in [1.807, 2.05) is 18.2 Å². The predicted molar refractivity (Wildman–Crippen MR) is 63.2 cm³/mol. The normalized spacial score (nSPS) is 9.69. The van der Waals surface area contributed by atoms with E-state index < -0.39 is 0 Å². The second-order valence-corrected chi connectivity index (χ2v) is 3.33.